The molecule has 8 heteroatoms. The Labute approximate surface area is 113 Å². The quantitative estimate of drug-likeness (QED) is 0.929. The van der Waals surface area contributed by atoms with Gasteiger partial charge in [-0.15, -0.1) is 0 Å². The molecule has 0 aromatic carbocycles. The Morgan fingerprint density at radius 1 is 1.53 bits per heavy atom. The first kappa shape index (κ1) is 15.8. The van der Waals surface area contributed by atoms with E-state index in [1.807, 2.05) is 13.8 Å². The summed E-state index contributed by atoms with van der Waals surface area (Å²) in [6.45, 7) is 4.80. The van der Waals surface area contributed by atoms with Gasteiger partial charge in [-0.25, -0.2) is 0 Å². The van der Waals surface area contributed by atoms with Gasteiger partial charge in [0.05, 0.1) is 10.7 Å². The van der Waals surface area contributed by atoms with Gasteiger partial charge in [0.15, 0.2) is 5.69 Å². The summed E-state index contributed by atoms with van der Waals surface area (Å²) in [5.41, 5.74) is -1.05. The summed E-state index contributed by atoms with van der Waals surface area (Å²) in [4.78, 5) is 11.6. The highest BCUT2D eigenvalue weighted by atomic mass is 35.5. The van der Waals surface area contributed by atoms with Gasteiger partial charge in [0.2, 0.25) is 5.91 Å². The smallest absolute Gasteiger partial charge is 0.352 e. The van der Waals surface area contributed by atoms with Crippen LogP contribution in [0.3, 0.4) is 0 Å². The predicted octanol–water partition coefficient (Wildman–Crippen LogP) is 2.78. The molecule has 4 nitrogen and oxygen atoms in total. The molecule has 1 aromatic heterocycles. The molecule has 1 atom stereocenters. The van der Waals surface area contributed by atoms with Crippen LogP contribution in [0.25, 0.3) is 0 Å². The number of hydrogen-bond acceptors (Lipinski definition) is 2. The monoisotopic (exact) mass is 297 g/mol. The van der Waals surface area contributed by atoms with Crippen molar-refractivity contribution in [2.24, 2.45) is 0 Å². The maximum atomic E-state index is 12.6. The van der Waals surface area contributed by atoms with Crippen molar-refractivity contribution in [3.63, 3.8) is 0 Å². The maximum absolute atomic E-state index is 12.6. The summed E-state index contributed by atoms with van der Waals surface area (Å²) < 4.78 is 38.7. The standard InChI is InChI=1S/C11H15ClF3N3O/c1-4-6(2)16-8(19)5-18-7(3)9(12)10(17-18)11(13,14)15/h6H,4-5H2,1-3H3,(H,16,19)/t6-/m1/s1. The first-order chi connectivity index (χ1) is 8.66. The van der Waals surface area contributed by atoms with Crippen molar-refractivity contribution >= 4 is 17.5 Å². The number of nitrogens with zero attached hydrogens (tertiary/aromatic N) is 2. The number of halogens is 4. The van der Waals surface area contributed by atoms with Crippen molar-refractivity contribution in [1.82, 2.24) is 15.1 Å². The van der Waals surface area contributed by atoms with E-state index in [4.69, 9.17) is 11.6 Å². The number of amides is 1. The van der Waals surface area contributed by atoms with Crippen molar-refractivity contribution in [3.05, 3.63) is 16.4 Å². The normalized spacial score (nSPS) is 13.4. The highest BCUT2D eigenvalue weighted by Crippen LogP contribution is 2.35. The van der Waals surface area contributed by atoms with Gasteiger partial charge in [-0.1, -0.05) is 18.5 Å². The second-order valence-electron chi connectivity index (χ2n) is 4.28. The molecule has 0 fully saturated rings. The fourth-order valence-corrected chi connectivity index (χ4v) is 1.66. The third kappa shape index (κ3) is 3.86. The summed E-state index contributed by atoms with van der Waals surface area (Å²) in [6.07, 6.45) is -3.89. The molecule has 1 heterocycles. The number of nitrogens with one attached hydrogen (secondary N) is 1. The molecule has 1 aromatic rings. The van der Waals surface area contributed by atoms with Gasteiger partial charge in [-0.3, -0.25) is 9.48 Å². The Kier molecular flexibility index (Phi) is 4.84. The second kappa shape index (κ2) is 5.81. The van der Waals surface area contributed by atoms with Gasteiger partial charge in [-0.2, -0.15) is 18.3 Å². The van der Waals surface area contributed by atoms with Crippen molar-refractivity contribution < 1.29 is 18.0 Å². The molecule has 0 unspecified atom stereocenters. The molecule has 0 aliphatic carbocycles. The lowest BCUT2D eigenvalue weighted by Crippen LogP contribution is -2.35. The second-order valence-corrected chi connectivity index (χ2v) is 4.66. The summed E-state index contributed by atoms with van der Waals surface area (Å²) in [5, 5.41) is 5.53. The average Bonchev–Trinajstić information content (AvgIpc) is 2.56. The van der Waals surface area contributed by atoms with Crippen LogP contribution in [0.1, 0.15) is 31.7 Å². The van der Waals surface area contributed by atoms with Crippen LogP contribution in [-0.4, -0.2) is 21.7 Å². The van der Waals surface area contributed by atoms with E-state index < -0.39 is 22.8 Å². The summed E-state index contributed by atoms with van der Waals surface area (Å²) >= 11 is 5.58. The Hall–Kier alpha value is -1.24. The number of carbonyl (C=O) groups excluding carboxylic acids is 1. The highest BCUT2D eigenvalue weighted by molar-refractivity contribution is 6.32. The Bertz CT molecular complexity index is 470. The van der Waals surface area contributed by atoms with E-state index in [1.54, 1.807) is 0 Å². The van der Waals surface area contributed by atoms with E-state index in [2.05, 4.69) is 10.4 Å². The molecule has 1 amide bonds. The zero-order valence-corrected chi connectivity index (χ0v) is 11.6. The van der Waals surface area contributed by atoms with E-state index in [9.17, 15) is 18.0 Å². The van der Waals surface area contributed by atoms with Crippen LogP contribution in [0.4, 0.5) is 13.2 Å². The number of alkyl halides is 3. The van der Waals surface area contributed by atoms with Gasteiger partial charge in [0.1, 0.15) is 6.54 Å². The third-order valence-electron chi connectivity index (χ3n) is 2.72. The fraction of sp³-hybridized carbons (Fsp3) is 0.636. The maximum Gasteiger partial charge on any atom is 0.436 e. The molecule has 1 N–H and O–H groups in total. The molecule has 0 bridgehead atoms. The minimum Gasteiger partial charge on any atom is -0.352 e. The molecule has 0 radical (unpaired) electrons. The lowest BCUT2D eigenvalue weighted by Gasteiger charge is -2.11. The number of rotatable bonds is 4. The molecule has 0 saturated heterocycles. The van der Waals surface area contributed by atoms with Crippen LogP contribution in [0.15, 0.2) is 0 Å². The summed E-state index contributed by atoms with van der Waals surface area (Å²) in [6, 6.07) is -0.0408. The summed E-state index contributed by atoms with van der Waals surface area (Å²) in [7, 11) is 0. The third-order valence-corrected chi connectivity index (χ3v) is 3.17. The Morgan fingerprint density at radius 2 is 2.11 bits per heavy atom. The van der Waals surface area contributed by atoms with Gasteiger partial charge in [0, 0.05) is 6.04 Å². The lowest BCUT2D eigenvalue weighted by atomic mass is 10.2. The van der Waals surface area contributed by atoms with E-state index >= 15 is 0 Å². The van der Waals surface area contributed by atoms with Crippen LogP contribution in [0.2, 0.25) is 5.02 Å². The molecule has 108 valence electrons. The van der Waals surface area contributed by atoms with Crippen LogP contribution in [0, 0.1) is 6.92 Å². The Morgan fingerprint density at radius 3 is 2.53 bits per heavy atom. The number of hydrogen-bond donors (Lipinski definition) is 1. The average molecular weight is 298 g/mol. The van der Waals surface area contributed by atoms with Gasteiger partial charge in [-0.05, 0) is 20.3 Å². The predicted molar refractivity (Wildman–Crippen MR) is 64.9 cm³/mol. The van der Waals surface area contributed by atoms with Gasteiger partial charge >= 0.3 is 6.18 Å². The van der Waals surface area contributed by atoms with Gasteiger partial charge < -0.3 is 5.32 Å². The molecule has 0 spiro atoms. The molecule has 19 heavy (non-hydrogen) atoms. The topological polar surface area (TPSA) is 46.9 Å². The largest absolute Gasteiger partial charge is 0.436 e. The first-order valence-corrected chi connectivity index (χ1v) is 6.14. The molecule has 0 saturated carbocycles. The highest BCUT2D eigenvalue weighted by Gasteiger charge is 2.38. The van der Waals surface area contributed by atoms with Crippen molar-refractivity contribution in [2.75, 3.05) is 0 Å². The minimum atomic E-state index is -4.62. The minimum absolute atomic E-state index is 0.0408. The van der Waals surface area contributed by atoms with Gasteiger partial charge in [0.25, 0.3) is 0 Å². The fourth-order valence-electron chi connectivity index (χ4n) is 1.42. The number of carbonyl (C=O) groups is 1. The molecular weight excluding hydrogens is 283 g/mol. The van der Waals surface area contributed by atoms with E-state index in [1.165, 1.54) is 6.92 Å². The molecule has 1 rings (SSSR count). The molecule has 0 aliphatic rings. The van der Waals surface area contributed by atoms with Crippen LogP contribution >= 0.6 is 11.6 Å². The first-order valence-electron chi connectivity index (χ1n) is 5.76. The lowest BCUT2D eigenvalue weighted by molar-refractivity contribution is -0.141. The van der Waals surface area contributed by atoms with Crippen LogP contribution in [0.5, 0.6) is 0 Å². The van der Waals surface area contributed by atoms with Crippen LogP contribution in [-0.2, 0) is 17.5 Å². The Balaban J connectivity index is 2.89. The molecular formula is C11H15ClF3N3O. The molecule has 0 aliphatic heterocycles. The van der Waals surface area contributed by atoms with E-state index in [0.717, 1.165) is 11.1 Å². The van der Waals surface area contributed by atoms with Crippen molar-refractivity contribution in [1.29, 1.82) is 0 Å². The summed E-state index contributed by atoms with van der Waals surface area (Å²) in [5.74, 6) is -0.398. The van der Waals surface area contributed by atoms with Crippen LogP contribution < -0.4 is 5.32 Å². The van der Waals surface area contributed by atoms with Crippen molar-refractivity contribution in [2.45, 2.75) is 46.0 Å². The van der Waals surface area contributed by atoms with E-state index in [0.29, 0.717) is 0 Å². The van der Waals surface area contributed by atoms with Crippen molar-refractivity contribution in [3.8, 4) is 0 Å². The SMILES string of the molecule is CC[C@@H](C)NC(=O)Cn1nc(C(F)(F)F)c(Cl)c1C. The number of aromatic nitrogens is 2. The zero-order chi connectivity index (χ0) is 14.8. The van der Waals surface area contributed by atoms with E-state index in [-0.39, 0.29) is 18.3 Å². The zero-order valence-electron chi connectivity index (χ0n) is 10.8.